The molecule has 3 heterocycles. The molecule has 8 nitrogen and oxygen atoms in total. The second-order valence-corrected chi connectivity index (χ2v) is 7.81. The second kappa shape index (κ2) is 6.42. The van der Waals surface area contributed by atoms with E-state index in [4.69, 9.17) is 28.4 Å². The molecule has 3 saturated heterocycles. The molecule has 3 aliphatic rings. The Bertz CT molecular complexity index is 717. The van der Waals surface area contributed by atoms with Crippen LogP contribution in [-0.2, 0) is 28.5 Å². The molecular weight excluding hydrogens is 354 g/mol. The van der Waals surface area contributed by atoms with Crippen molar-refractivity contribution in [2.75, 3.05) is 12.4 Å². The third-order valence-corrected chi connectivity index (χ3v) is 4.77. The number of rotatable bonds is 3. The van der Waals surface area contributed by atoms with Crippen LogP contribution in [-0.4, -0.2) is 55.3 Å². The molecule has 27 heavy (non-hydrogen) atoms. The normalized spacial score (nSPS) is 36.0. The van der Waals surface area contributed by atoms with Gasteiger partial charge in [-0.1, -0.05) is 0 Å². The highest BCUT2D eigenvalue weighted by Gasteiger charge is 2.62. The van der Waals surface area contributed by atoms with Crippen LogP contribution in [0.1, 0.15) is 27.7 Å². The van der Waals surface area contributed by atoms with Crippen molar-refractivity contribution >= 4 is 11.6 Å². The lowest BCUT2D eigenvalue weighted by atomic mass is 9.98. The van der Waals surface area contributed by atoms with Crippen molar-refractivity contribution in [1.82, 2.24) is 0 Å². The Morgan fingerprint density at radius 3 is 2.19 bits per heavy atom. The number of benzene rings is 1. The van der Waals surface area contributed by atoms with Crippen molar-refractivity contribution in [2.24, 2.45) is 0 Å². The number of fused-ring (bicyclic) bond motifs is 3. The van der Waals surface area contributed by atoms with E-state index >= 15 is 0 Å². The van der Waals surface area contributed by atoms with Crippen LogP contribution in [0.15, 0.2) is 24.3 Å². The molecule has 3 fully saturated rings. The first-order valence-electron chi connectivity index (χ1n) is 8.99. The molecule has 0 radical (unpaired) electrons. The Labute approximate surface area is 158 Å². The van der Waals surface area contributed by atoms with Gasteiger partial charge in [-0.2, -0.15) is 0 Å². The molecule has 5 atom stereocenters. The number of anilines is 1. The highest BCUT2D eigenvalue weighted by atomic mass is 16.9. The number of hydrogen-bond acceptors (Lipinski definition) is 7. The SMILES string of the molecule is COc1ccc(NC(=O)[C@@H]2O[C@@H]3OC(C)(C)O[C@@H]3[C@H]3OC(C)(C)O[C@@H]32)cc1. The fourth-order valence-corrected chi connectivity index (χ4v) is 3.71. The molecule has 8 heteroatoms. The summed E-state index contributed by atoms with van der Waals surface area (Å²) in [6.45, 7) is 7.22. The van der Waals surface area contributed by atoms with Crippen molar-refractivity contribution in [3.8, 4) is 5.75 Å². The van der Waals surface area contributed by atoms with Gasteiger partial charge in [0, 0.05) is 5.69 Å². The summed E-state index contributed by atoms with van der Waals surface area (Å²) in [5.74, 6) is -1.29. The summed E-state index contributed by atoms with van der Waals surface area (Å²) in [6, 6.07) is 7.05. The molecule has 4 rings (SSSR count). The summed E-state index contributed by atoms with van der Waals surface area (Å²) in [5, 5.41) is 2.85. The van der Waals surface area contributed by atoms with Crippen LogP contribution in [0.4, 0.5) is 5.69 Å². The smallest absolute Gasteiger partial charge is 0.256 e. The Morgan fingerprint density at radius 1 is 0.926 bits per heavy atom. The molecule has 1 N–H and O–H groups in total. The van der Waals surface area contributed by atoms with Crippen molar-refractivity contribution in [1.29, 1.82) is 0 Å². The number of hydrogen-bond donors (Lipinski definition) is 1. The van der Waals surface area contributed by atoms with Gasteiger partial charge in [0.25, 0.3) is 5.91 Å². The number of carbonyl (C=O) groups excluding carboxylic acids is 1. The van der Waals surface area contributed by atoms with Crippen LogP contribution in [0.3, 0.4) is 0 Å². The van der Waals surface area contributed by atoms with E-state index in [1.165, 1.54) is 0 Å². The van der Waals surface area contributed by atoms with E-state index in [0.717, 1.165) is 0 Å². The van der Waals surface area contributed by atoms with E-state index in [1.807, 2.05) is 0 Å². The molecule has 0 bridgehead atoms. The zero-order valence-electron chi connectivity index (χ0n) is 16.1. The average molecular weight is 379 g/mol. The zero-order chi connectivity index (χ0) is 19.4. The Kier molecular flexibility index (Phi) is 4.44. The molecule has 0 spiro atoms. The average Bonchev–Trinajstić information content (AvgIpc) is 3.08. The standard InChI is InChI=1S/C19H25NO7/c1-18(2)24-12-13(25-18)15-17(27-19(3,4)26-15)23-14(12)16(21)20-10-6-8-11(22-5)9-7-10/h6-9,12-15,17H,1-5H3,(H,20,21)/t12-,13-,14+,15+,17+/m0/s1. The van der Waals surface area contributed by atoms with Crippen LogP contribution in [0.2, 0.25) is 0 Å². The summed E-state index contributed by atoms with van der Waals surface area (Å²) >= 11 is 0. The van der Waals surface area contributed by atoms with E-state index in [0.29, 0.717) is 11.4 Å². The van der Waals surface area contributed by atoms with E-state index in [9.17, 15) is 4.79 Å². The quantitative estimate of drug-likeness (QED) is 0.860. The van der Waals surface area contributed by atoms with Crippen LogP contribution in [0.5, 0.6) is 5.75 Å². The van der Waals surface area contributed by atoms with Crippen LogP contribution in [0, 0.1) is 0 Å². The van der Waals surface area contributed by atoms with Gasteiger partial charge in [0.2, 0.25) is 0 Å². The van der Waals surface area contributed by atoms with Crippen LogP contribution < -0.4 is 10.1 Å². The Morgan fingerprint density at radius 2 is 1.52 bits per heavy atom. The summed E-state index contributed by atoms with van der Waals surface area (Å²) in [6.07, 6.45) is -3.12. The van der Waals surface area contributed by atoms with Gasteiger partial charge < -0.3 is 33.7 Å². The van der Waals surface area contributed by atoms with E-state index in [-0.39, 0.29) is 5.91 Å². The van der Waals surface area contributed by atoms with E-state index in [1.54, 1.807) is 59.1 Å². The summed E-state index contributed by atoms with van der Waals surface area (Å²) in [5.41, 5.74) is 0.630. The molecular formula is C19H25NO7. The molecule has 1 aromatic rings. The van der Waals surface area contributed by atoms with Crippen LogP contribution in [0.25, 0.3) is 0 Å². The molecule has 1 amide bonds. The molecule has 0 unspecified atom stereocenters. The molecule has 3 aliphatic heterocycles. The highest BCUT2D eigenvalue weighted by molar-refractivity contribution is 5.94. The minimum absolute atomic E-state index is 0.330. The molecule has 0 aliphatic carbocycles. The van der Waals surface area contributed by atoms with Gasteiger partial charge in [0.1, 0.15) is 24.1 Å². The fourth-order valence-electron chi connectivity index (χ4n) is 3.71. The largest absolute Gasteiger partial charge is 0.497 e. The van der Waals surface area contributed by atoms with Gasteiger partial charge in [0.15, 0.2) is 24.0 Å². The number of ether oxygens (including phenoxy) is 6. The lowest BCUT2D eigenvalue weighted by Gasteiger charge is -2.36. The Hall–Kier alpha value is -1.71. The van der Waals surface area contributed by atoms with Crippen molar-refractivity contribution in [3.63, 3.8) is 0 Å². The number of amides is 1. The summed E-state index contributed by atoms with van der Waals surface area (Å²) in [4.78, 5) is 12.9. The van der Waals surface area contributed by atoms with Crippen molar-refractivity contribution < 1.29 is 33.2 Å². The van der Waals surface area contributed by atoms with E-state index < -0.39 is 42.3 Å². The van der Waals surface area contributed by atoms with Gasteiger partial charge in [-0.25, -0.2) is 0 Å². The highest BCUT2D eigenvalue weighted by Crippen LogP contribution is 2.44. The van der Waals surface area contributed by atoms with Gasteiger partial charge >= 0.3 is 0 Å². The van der Waals surface area contributed by atoms with Gasteiger partial charge in [0.05, 0.1) is 7.11 Å². The fraction of sp³-hybridized carbons (Fsp3) is 0.632. The van der Waals surface area contributed by atoms with Crippen LogP contribution >= 0.6 is 0 Å². The maximum absolute atomic E-state index is 12.9. The summed E-state index contributed by atoms with van der Waals surface area (Å²) < 4.78 is 34.8. The minimum atomic E-state index is -0.891. The van der Waals surface area contributed by atoms with Gasteiger partial charge in [-0.05, 0) is 52.0 Å². The third-order valence-electron chi connectivity index (χ3n) is 4.77. The maximum atomic E-state index is 12.9. The van der Waals surface area contributed by atoms with Gasteiger partial charge in [-0.3, -0.25) is 4.79 Å². The van der Waals surface area contributed by atoms with Crippen molar-refractivity contribution in [3.05, 3.63) is 24.3 Å². The van der Waals surface area contributed by atoms with Crippen molar-refractivity contribution in [2.45, 2.75) is 70.0 Å². The monoisotopic (exact) mass is 379 g/mol. The first kappa shape index (κ1) is 18.6. The first-order chi connectivity index (χ1) is 12.7. The molecule has 0 saturated carbocycles. The topological polar surface area (TPSA) is 84.5 Å². The predicted molar refractivity (Wildman–Crippen MR) is 94.1 cm³/mol. The van der Waals surface area contributed by atoms with E-state index in [2.05, 4.69) is 5.32 Å². The zero-order valence-corrected chi connectivity index (χ0v) is 16.1. The number of methoxy groups -OCH3 is 1. The third kappa shape index (κ3) is 3.55. The number of carbonyl (C=O) groups is 1. The summed E-state index contributed by atoms with van der Waals surface area (Å²) in [7, 11) is 1.59. The lowest BCUT2D eigenvalue weighted by molar-refractivity contribution is -0.229. The molecule has 148 valence electrons. The lowest BCUT2D eigenvalue weighted by Crippen LogP contribution is -2.58. The van der Waals surface area contributed by atoms with Gasteiger partial charge in [-0.15, -0.1) is 0 Å². The maximum Gasteiger partial charge on any atom is 0.256 e. The molecule has 0 aromatic heterocycles. The number of nitrogens with one attached hydrogen (secondary N) is 1. The molecule has 1 aromatic carbocycles. The minimum Gasteiger partial charge on any atom is -0.497 e. The Balaban J connectivity index is 1.55. The first-order valence-corrected chi connectivity index (χ1v) is 8.99. The second-order valence-electron chi connectivity index (χ2n) is 7.81. The predicted octanol–water partition coefficient (Wildman–Crippen LogP) is 2.03.